The normalized spacial score (nSPS) is 22.0. The maximum absolute atomic E-state index is 12.1. The Hall–Kier alpha value is -1.01. The number of amides is 1. The van der Waals surface area contributed by atoms with Crippen LogP contribution < -0.4 is 5.32 Å². The summed E-state index contributed by atoms with van der Waals surface area (Å²) < 4.78 is 22.8. The van der Waals surface area contributed by atoms with E-state index in [-0.39, 0.29) is 28.7 Å². The number of hydrogen-bond acceptors (Lipinski definition) is 4. The van der Waals surface area contributed by atoms with Crippen molar-refractivity contribution in [2.24, 2.45) is 0 Å². The number of sulfone groups is 1. The lowest BCUT2D eigenvalue weighted by Gasteiger charge is -2.16. The highest BCUT2D eigenvalue weighted by molar-refractivity contribution is 8.00. The van der Waals surface area contributed by atoms with Crippen LogP contribution in [0.3, 0.4) is 0 Å². The van der Waals surface area contributed by atoms with Crippen molar-refractivity contribution < 1.29 is 13.2 Å². The summed E-state index contributed by atoms with van der Waals surface area (Å²) in [5, 5.41) is 2.60. The van der Waals surface area contributed by atoms with Gasteiger partial charge in [0.05, 0.1) is 16.8 Å². The molecule has 1 N–H and O–H groups in total. The van der Waals surface area contributed by atoms with Gasteiger partial charge in [0.2, 0.25) is 5.91 Å². The van der Waals surface area contributed by atoms with Crippen LogP contribution in [0.5, 0.6) is 0 Å². The third-order valence-electron chi connectivity index (χ3n) is 3.74. The first-order valence-corrected chi connectivity index (χ1v) is 9.71. The lowest BCUT2D eigenvalue weighted by molar-refractivity contribution is -0.120. The molecule has 21 heavy (non-hydrogen) atoms. The number of hydrogen-bond donors (Lipinski definition) is 1. The molecule has 2 atom stereocenters. The van der Waals surface area contributed by atoms with Gasteiger partial charge in [0, 0.05) is 10.9 Å². The van der Waals surface area contributed by atoms with Crippen LogP contribution in [0.25, 0.3) is 0 Å². The van der Waals surface area contributed by atoms with Gasteiger partial charge in [-0.15, -0.1) is 11.8 Å². The minimum atomic E-state index is -2.96. The van der Waals surface area contributed by atoms with Crippen LogP contribution in [-0.2, 0) is 14.6 Å². The standard InChI is InChI=1S/C15H21NO3S2/c1-10-4-5-14(8-11(10)2)20-12(3)15(17)16-13-6-7-21(18,19)9-13/h4-5,8,12-13H,6-7,9H2,1-3H3,(H,16,17)/t12-,13-/m1/s1. The zero-order valence-corrected chi connectivity index (χ0v) is 14.2. The van der Waals surface area contributed by atoms with E-state index in [1.807, 2.05) is 26.0 Å². The smallest absolute Gasteiger partial charge is 0.233 e. The van der Waals surface area contributed by atoms with Gasteiger partial charge < -0.3 is 5.32 Å². The van der Waals surface area contributed by atoms with Gasteiger partial charge in [0.1, 0.15) is 0 Å². The number of rotatable bonds is 4. The van der Waals surface area contributed by atoms with E-state index in [2.05, 4.69) is 18.3 Å². The average Bonchev–Trinajstić information content (AvgIpc) is 2.73. The third-order valence-corrected chi connectivity index (χ3v) is 6.60. The molecule has 1 aliphatic rings. The van der Waals surface area contributed by atoms with Crippen molar-refractivity contribution in [2.45, 2.75) is 43.4 Å². The highest BCUT2D eigenvalue weighted by Crippen LogP contribution is 2.25. The van der Waals surface area contributed by atoms with E-state index in [0.717, 1.165) is 4.90 Å². The molecule has 2 rings (SSSR count). The Bertz CT molecular complexity index is 640. The molecule has 0 aromatic heterocycles. The topological polar surface area (TPSA) is 63.2 Å². The maximum Gasteiger partial charge on any atom is 0.233 e. The van der Waals surface area contributed by atoms with Crippen molar-refractivity contribution in [3.8, 4) is 0 Å². The van der Waals surface area contributed by atoms with Crippen LogP contribution in [0.15, 0.2) is 23.1 Å². The van der Waals surface area contributed by atoms with Crippen LogP contribution in [-0.4, -0.2) is 37.1 Å². The summed E-state index contributed by atoms with van der Waals surface area (Å²) in [6, 6.07) is 5.90. The van der Waals surface area contributed by atoms with Crippen molar-refractivity contribution in [3.05, 3.63) is 29.3 Å². The summed E-state index contributed by atoms with van der Waals surface area (Å²) in [6.07, 6.45) is 0.523. The summed E-state index contributed by atoms with van der Waals surface area (Å²) in [5.41, 5.74) is 2.43. The van der Waals surface area contributed by atoms with E-state index in [1.54, 1.807) is 0 Å². The zero-order chi connectivity index (χ0) is 15.6. The average molecular weight is 327 g/mol. The Kier molecular flexibility index (Phi) is 4.99. The molecule has 0 saturated carbocycles. The molecule has 0 bridgehead atoms. The molecule has 6 heteroatoms. The summed E-state index contributed by atoms with van der Waals surface area (Å²) in [7, 11) is -2.96. The molecule has 1 aromatic carbocycles. The molecule has 1 fully saturated rings. The van der Waals surface area contributed by atoms with Crippen LogP contribution >= 0.6 is 11.8 Å². The van der Waals surface area contributed by atoms with Crippen molar-refractivity contribution in [1.82, 2.24) is 5.32 Å². The predicted molar refractivity (Wildman–Crippen MR) is 86.4 cm³/mol. The quantitative estimate of drug-likeness (QED) is 0.860. The second-order valence-corrected chi connectivity index (χ2v) is 9.26. The predicted octanol–water partition coefficient (Wildman–Crippen LogP) is 2.09. The van der Waals surface area contributed by atoms with E-state index in [0.29, 0.717) is 6.42 Å². The zero-order valence-electron chi connectivity index (χ0n) is 12.5. The van der Waals surface area contributed by atoms with E-state index >= 15 is 0 Å². The van der Waals surface area contributed by atoms with E-state index in [4.69, 9.17) is 0 Å². The van der Waals surface area contributed by atoms with Crippen LogP contribution in [0.4, 0.5) is 0 Å². The molecule has 1 aromatic rings. The first-order chi connectivity index (χ1) is 9.77. The highest BCUT2D eigenvalue weighted by Gasteiger charge is 2.30. The molecule has 1 aliphatic heterocycles. The lowest BCUT2D eigenvalue weighted by Crippen LogP contribution is -2.39. The van der Waals surface area contributed by atoms with Crippen LogP contribution in [0, 0.1) is 13.8 Å². The van der Waals surface area contributed by atoms with Crippen LogP contribution in [0.2, 0.25) is 0 Å². The molecule has 0 spiro atoms. The number of aryl methyl sites for hydroxylation is 2. The number of thioether (sulfide) groups is 1. The number of nitrogens with one attached hydrogen (secondary N) is 1. The second-order valence-electron chi connectivity index (χ2n) is 5.61. The molecule has 1 heterocycles. The molecule has 1 amide bonds. The summed E-state index contributed by atoms with van der Waals surface area (Å²) in [5.74, 6) is 0.150. The first kappa shape index (κ1) is 16.4. The van der Waals surface area contributed by atoms with Crippen molar-refractivity contribution >= 4 is 27.5 Å². The van der Waals surface area contributed by atoms with Crippen molar-refractivity contribution in [2.75, 3.05) is 11.5 Å². The fraction of sp³-hybridized carbons (Fsp3) is 0.533. The maximum atomic E-state index is 12.1. The summed E-state index contributed by atoms with van der Waals surface area (Å²) >= 11 is 1.50. The third kappa shape index (κ3) is 4.48. The highest BCUT2D eigenvalue weighted by atomic mass is 32.2. The SMILES string of the molecule is Cc1ccc(S[C@H](C)C(=O)N[C@@H]2CCS(=O)(=O)C2)cc1C. The molecular weight excluding hydrogens is 306 g/mol. The van der Waals surface area contributed by atoms with Crippen molar-refractivity contribution in [1.29, 1.82) is 0 Å². The molecular formula is C15H21NO3S2. The minimum Gasteiger partial charge on any atom is -0.351 e. The second kappa shape index (κ2) is 6.40. The van der Waals surface area contributed by atoms with Gasteiger partial charge in [-0.05, 0) is 50.5 Å². The van der Waals surface area contributed by atoms with Crippen molar-refractivity contribution in [3.63, 3.8) is 0 Å². The summed E-state index contributed by atoms with van der Waals surface area (Å²) in [4.78, 5) is 13.2. The Balaban J connectivity index is 1.92. The Morgan fingerprint density at radius 2 is 2.05 bits per heavy atom. The molecule has 116 valence electrons. The minimum absolute atomic E-state index is 0.0692. The number of carbonyl (C=O) groups is 1. The number of benzene rings is 1. The Labute approximate surface area is 130 Å². The molecule has 1 saturated heterocycles. The van der Waals surface area contributed by atoms with E-state index in [1.165, 1.54) is 22.9 Å². The van der Waals surface area contributed by atoms with Crippen LogP contribution in [0.1, 0.15) is 24.5 Å². The van der Waals surface area contributed by atoms with E-state index in [9.17, 15) is 13.2 Å². The fourth-order valence-electron chi connectivity index (χ4n) is 2.27. The van der Waals surface area contributed by atoms with Gasteiger partial charge in [-0.3, -0.25) is 4.79 Å². The van der Waals surface area contributed by atoms with Gasteiger partial charge in [-0.25, -0.2) is 8.42 Å². The molecule has 0 radical (unpaired) electrons. The largest absolute Gasteiger partial charge is 0.351 e. The molecule has 0 unspecified atom stereocenters. The van der Waals surface area contributed by atoms with E-state index < -0.39 is 9.84 Å². The van der Waals surface area contributed by atoms with Gasteiger partial charge in [0.25, 0.3) is 0 Å². The first-order valence-electron chi connectivity index (χ1n) is 7.01. The Morgan fingerprint density at radius 3 is 2.62 bits per heavy atom. The Morgan fingerprint density at radius 1 is 1.33 bits per heavy atom. The van der Waals surface area contributed by atoms with Gasteiger partial charge >= 0.3 is 0 Å². The van der Waals surface area contributed by atoms with Gasteiger partial charge in [0.15, 0.2) is 9.84 Å². The van der Waals surface area contributed by atoms with Gasteiger partial charge in [-0.1, -0.05) is 6.07 Å². The summed E-state index contributed by atoms with van der Waals surface area (Å²) in [6.45, 7) is 5.95. The lowest BCUT2D eigenvalue weighted by atomic mass is 10.1. The molecule has 4 nitrogen and oxygen atoms in total. The number of carbonyl (C=O) groups excluding carboxylic acids is 1. The fourth-order valence-corrected chi connectivity index (χ4v) is 4.92. The molecule has 0 aliphatic carbocycles. The monoisotopic (exact) mass is 327 g/mol. The van der Waals surface area contributed by atoms with Gasteiger partial charge in [-0.2, -0.15) is 0 Å².